The normalized spacial score (nSPS) is 13.0. The molecule has 1 aromatic carbocycles. The molecule has 0 bridgehead atoms. The molecule has 1 unspecified atom stereocenters. The largest absolute Gasteiger partial charge is 0.313 e. The molecule has 1 atom stereocenters. The van der Waals surface area contributed by atoms with Gasteiger partial charge in [0.2, 0.25) is 0 Å². The molecular weight excluding hydrogens is 165 g/mol. The molecule has 0 amide bonds. The number of hydrogen-bond donors (Lipinski definition) is 1. The topological polar surface area (TPSA) is 12.0 Å². The second-order valence-corrected chi connectivity index (χ2v) is 3.49. The highest BCUT2D eigenvalue weighted by molar-refractivity contribution is 5.33. The van der Waals surface area contributed by atoms with E-state index in [9.17, 15) is 4.39 Å². The van der Waals surface area contributed by atoms with E-state index < -0.39 is 0 Å². The molecule has 13 heavy (non-hydrogen) atoms. The minimum atomic E-state index is -0.112. The highest BCUT2D eigenvalue weighted by Gasteiger charge is 2.11. The summed E-state index contributed by atoms with van der Waals surface area (Å²) in [5, 5.41) is 3.04. The van der Waals surface area contributed by atoms with Crippen molar-refractivity contribution in [3.63, 3.8) is 0 Å². The number of halogens is 1. The Morgan fingerprint density at radius 2 is 1.92 bits per heavy atom. The Morgan fingerprint density at radius 3 is 2.38 bits per heavy atom. The Balaban J connectivity index is 3.20. The molecule has 1 N–H and O–H groups in total. The Labute approximate surface area is 79.0 Å². The zero-order chi connectivity index (χ0) is 10.0. The van der Waals surface area contributed by atoms with E-state index in [1.807, 2.05) is 33.9 Å². The molecular formula is C11H16FN. The zero-order valence-electron chi connectivity index (χ0n) is 8.61. The Morgan fingerprint density at radius 1 is 1.31 bits per heavy atom. The van der Waals surface area contributed by atoms with Gasteiger partial charge in [-0.3, -0.25) is 0 Å². The summed E-state index contributed by atoms with van der Waals surface area (Å²) in [6.45, 7) is 5.81. The fourth-order valence-corrected chi connectivity index (χ4v) is 1.62. The highest BCUT2D eigenvalue weighted by Crippen LogP contribution is 2.21. The van der Waals surface area contributed by atoms with E-state index in [4.69, 9.17) is 0 Å². The van der Waals surface area contributed by atoms with Gasteiger partial charge in [0, 0.05) is 11.6 Å². The standard InChI is InChI=1S/C11H16FN/c1-7-5-8(2)11(9(3)13-4)10(12)6-7/h5-6,9,13H,1-4H3. The zero-order valence-corrected chi connectivity index (χ0v) is 8.61. The summed E-state index contributed by atoms with van der Waals surface area (Å²) >= 11 is 0. The third kappa shape index (κ3) is 2.07. The molecule has 0 aliphatic rings. The van der Waals surface area contributed by atoms with Crippen LogP contribution in [0.1, 0.15) is 29.7 Å². The summed E-state index contributed by atoms with van der Waals surface area (Å²) in [6.07, 6.45) is 0. The van der Waals surface area contributed by atoms with E-state index >= 15 is 0 Å². The maximum absolute atomic E-state index is 13.5. The Bertz CT molecular complexity index is 284. The predicted molar refractivity (Wildman–Crippen MR) is 53.3 cm³/mol. The van der Waals surface area contributed by atoms with E-state index in [0.717, 1.165) is 16.7 Å². The Hall–Kier alpha value is -0.890. The van der Waals surface area contributed by atoms with Crippen molar-refractivity contribution in [2.24, 2.45) is 0 Å². The van der Waals surface area contributed by atoms with Crippen molar-refractivity contribution in [1.82, 2.24) is 5.32 Å². The Kier molecular flexibility index (Phi) is 3.04. The minimum absolute atomic E-state index is 0.0700. The SMILES string of the molecule is CNC(C)c1c(C)cc(C)cc1F. The van der Waals surface area contributed by atoms with Gasteiger partial charge in [0.25, 0.3) is 0 Å². The monoisotopic (exact) mass is 181 g/mol. The first-order chi connectivity index (χ1) is 6.06. The second kappa shape index (κ2) is 3.88. The lowest BCUT2D eigenvalue weighted by Crippen LogP contribution is -2.15. The van der Waals surface area contributed by atoms with Crippen LogP contribution in [0.3, 0.4) is 0 Å². The molecule has 0 spiro atoms. The molecule has 0 heterocycles. The van der Waals surface area contributed by atoms with Gasteiger partial charge in [-0.2, -0.15) is 0 Å². The molecule has 1 rings (SSSR count). The molecule has 1 aromatic rings. The summed E-state index contributed by atoms with van der Waals surface area (Å²) in [5.41, 5.74) is 2.76. The van der Waals surface area contributed by atoms with Crippen molar-refractivity contribution in [1.29, 1.82) is 0 Å². The van der Waals surface area contributed by atoms with Gasteiger partial charge >= 0.3 is 0 Å². The van der Waals surface area contributed by atoms with Crippen molar-refractivity contribution in [3.8, 4) is 0 Å². The van der Waals surface area contributed by atoms with E-state index in [-0.39, 0.29) is 11.9 Å². The van der Waals surface area contributed by atoms with Crippen LogP contribution in [0.25, 0.3) is 0 Å². The van der Waals surface area contributed by atoms with Crippen LogP contribution in [0, 0.1) is 19.7 Å². The number of benzene rings is 1. The first-order valence-electron chi connectivity index (χ1n) is 4.50. The van der Waals surface area contributed by atoms with Crippen molar-refractivity contribution in [3.05, 3.63) is 34.6 Å². The summed E-state index contributed by atoms with van der Waals surface area (Å²) in [4.78, 5) is 0. The molecule has 0 fully saturated rings. The molecule has 2 heteroatoms. The lowest BCUT2D eigenvalue weighted by molar-refractivity contribution is 0.558. The van der Waals surface area contributed by atoms with Gasteiger partial charge in [0.15, 0.2) is 0 Å². The molecule has 0 saturated carbocycles. The van der Waals surface area contributed by atoms with Crippen LogP contribution in [-0.2, 0) is 0 Å². The molecule has 0 aromatic heterocycles. The number of hydrogen-bond acceptors (Lipinski definition) is 1. The van der Waals surface area contributed by atoms with Crippen molar-refractivity contribution >= 4 is 0 Å². The lowest BCUT2D eigenvalue weighted by atomic mass is 10.00. The molecule has 0 saturated heterocycles. The van der Waals surface area contributed by atoms with Gasteiger partial charge in [-0.25, -0.2) is 4.39 Å². The van der Waals surface area contributed by atoms with Gasteiger partial charge in [-0.05, 0) is 45.0 Å². The van der Waals surface area contributed by atoms with Gasteiger partial charge < -0.3 is 5.32 Å². The van der Waals surface area contributed by atoms with Crippen LogP contribution >= 0.6 is 0 Å². The van der Waals surface area contributed by atoms with E-state index in [2.05, 4.69) is 5.32 Å². The summed E-state index contributed by atoms with van der Waals surface area (Å²) in [5.74, 6) is -0.112. The van der Waals surface area contributed by atoms with Crippen LogP contribution in [0.5, 0.6) is 0 Å². The fourth-order valence-electron chi connectivity index (χ4n) is 1.62. The van der Waals surface area contributed by atoms with Gasteiger partial charge in [0.05, 0.1) is 0 Å². The minimum Gasteiger partial charge on any atom is -0.313 e. The van der Waals surface area contributed by atoms with Gasteiger partial charge in [-0.15, -0.1) is 0 Å². The molecule has 72 valence electrons. The van der Waals surface area contributed by atoms with Gasteiger partial charge in [0.1, 0.15) is 5.82 Å². The highest BCUT2D eigenvalue weighted by atomic mass is 19.1. The maximum atomic E-state index is 13.5. The van der Waals surface area contributed by atoms with Crippen LogP contribution < -0.4 is 5.32 Å². The summed E-state index contributed by atoms with van der Waals surface area (Å²) in [7, 11) is 1.84. The van der Waals surface area contributed by atoms with Crippen LogP contribution in [0.2, 0.25) is 0 Å². The first-order valence-corrected chi connectivity index (χ1v) is 4.50. The molecule has 0 aliphatic carbocycles. The third-order valence-electron chi connectivity index (χ3n) is 2.35. The van der Waals surface area contributed by atoms with Crippen molar-refractivity contribution in [2.45, 2.75) is 26.8 Å². The lowest BCUT2D eigenvalue weighted by Gasteiger charge is -2.15. The number of rotatable bonds is 2. The summed E-state index contributed by atoms with van der Waals surface area (Å²) < 4.78 is 13.5. The van der Waals surface area contributed by atoms with E-state index in [1.165, 1.54) is 0 Å². The number of nitrogens with one attached hydrogen (secondary N) is 1. The predicted octanol–water partition coefficient (Wildman–Crippen LogP) is 2.72. The summed E-state index contributed by atoms with van der Waals surface area (Å²) in [6, 6.07) is 3.66. The quantitative estimate of drug-likeness (QED) is 0.739. The molecule has 1 nitrogen and oxygen atoms in total. The van der Waals surface area contributed by atoms with Crippen LogP contribution in [-0.4, -0.2) is 7.05 Å². The van der Waals surface area contributed by atoms with Crippen LogP contribution in [0.4, 0.5) is 4.39 Å². The van der Waals surface area contributed by atoms with E-state index in [1.54, 1.807) is 6.07 Å². The van der Waals surface area contributed by atoms with Crippen LogP contribution in [0.15, 0.2) is 12.1 Å². The average molecular weight is 181 g/mol. The van der Waals surface area contributed by atoms with Crippen molar-refractivity contribution in [2.75, 3.05) is 7.05 Å². The maximum Gasteiger partial charge on any atom is 0.128 e. The van der Waals surface area contributed by atoms with Gasteiger partial charge in [-0.1, -0.05) is 6.07 Å². The smallest absolute Gasteiger partial charge is 0.128 e. The molecule has 0 radical (unpaired) electrons. The van der Waals surface area contributed by atoms with E-state index in [0.29, 0.717) is 0 Å². The first kappa shape index (κ1) is 10.2. The second-order valence-electron chi connectivity index (χ2n) is 3.49. The fraction of sp³-hybridized carbons (Fsp3) is 0.455. The van der Waals surface area contributed by atoms with Crippen molar-refractivity contribution < 1.29 is 4.39 Å². The average Bonchev–Trinajstić information content (AvgIpc) is 2.02. The molecule has 0 aliphatic heterocycles. The number of aryl methyl sites for hydroxylation is 2. The third-order valence-corrected chi connectivity index (χ3v) is 2.35.